The van der Waals surface area contributed by atoms with E-state index in [2.05, 4.69) is 17.1 Å². The molecule has 0 bridgehead atoms. The van der Waals surface area contributed by atoms with Crippen LogP contribution in [0.3, 0.4) is 0 Å². The molecule has 3 atom stereocenters. The van der Waals surface area contributed by atoms with Gasteiger partial charge in [0.2, 0.25) is 5.91 Å². The van der Waals surface area contributed by atoms with Crippen LogP contribution in [0.15, 0.2) is 0 Å². The predicted molar refractivity (Wildman–Crippen MR) is 66.8 cm³/mol. The first-order valence-corrected chi connectivity index (χ1v) is 6.86. The molecule has 2 rings (SSSR count). The third kappa shape index (κ3) is 2.80. The van der Waals surface area contributed by atoms with Crippen LogP contribution in [0.1, 0.15) is 33.1 Å². The summed E-state index contributed by atoms with van der Waals surface area (Å²) in [6.07, 6.45) is 3.74. The second-order valence-corrected chi connectivity index (χ2v) is 5.15. The lowest BCUT2D eigenvalue weighted by Gasteiger charge is -2.39. The molecule has 1 saturated carbocycles. The van der Waals surface area contributed by atoms with Crippen molar-refractivity contribution in [1.82, 2.24) is 10.2 Å². The fourth-order valence-corrected chi connectivity index (χ4v) is 2.93. The summed E-state index contributed by atoms with van der Waals surface area (Å²) in [5.41, 5.74) is 0. The lowest BCUT2D eigenvalue weighted by atomic mass is 10.1. The molecule has 1 heterocycles. The highest BCUT2D eigenvalue weighted by molar-refractivity contribution is 5.79. The molecule has 0 spiro atoms. The Kier molecular flexibility index (Phi) is 4.40. The minimum Gasteiger partial charge on any atom is -0.374 e. The van der Waals surface area contributed by atoms with Gasteiger partial charge < -0.3 is 15.0 Å². The van der Waals surface area contributed by atoms with Crippen LogP contribution in [0.5, 0.6) is 0 Å². The Hall–Kier alpha value is -0.610. The van der Waals surface area contributed by atoms with Crippen molar-refractivity contribution in [2.75, 3.05) is 26.2 Å². The zero-order valence-corrected chi connectivity index (χ0v) is 10.9. The number of hydrogen-bond donors (Lipinski definition) is 1. The minimum atomic E-state index is 0.0781. The van der Waals surface area contributed by atoms with Gasteiger partial charge >= 0.3 is 0 Å². The van der Waals surface area contributed by atoms with Crippen molar-refractivity contribution >= 4 is 5.91 Å². The van der Waals surface area contributed by atoms with Crippen molar-refractivity contribution in [2.45, 2.75) is 45.3 Å². The van der Waals surface area contributed by atoms with Crippen LogP contribution >= 0.6 is 0 Å². The van der Waals surface area contributed by atoms with E-state index in [9.17, 15) is 4.79 Å². The van der Waals surface area contributed by atoms with Gasteiger partial charge in [0, 0.05) is 19.0 Å². The minimum absolute atomic E-state index is 0.0781. The Labute approximate surface area is 104 Å². The van der Waals surface area contributed by atoms with Crippen molar-refractivity contribution in [3.05, 3.63) is 0 Å². The molecule has 4 nitrogen and oxygen atoms in total. The van der Waals surface area contributed by atoms with Gasteiger partial charge in [0.25, 0.3) is 0 Å². The van der Waals surface area contributed by atoms with E-state index in [1.165, 1.54) is 6.42 Å². The standard InChI is InChI=1S/C13H24N2O2/c1-3-14-9-10(2)13(16)15-7-8-17-12-6-4-5-11(12)15/h10-12,14H,3-9H2,1-2H3. The third-order valence-electron chi connectivity index (χ3n) is 3.89. The molecule has 0 aromatic heterocycles. The predicted octanol–water partition coefficient (Wildman–Crippen LogP) is 1.01. The van der Waals surface area contributed by atoms with Gasteiger partial charge in [-0.3, -0.25) is 4.79 Å². The summed E-state index contributed by atoms with van der Waals surface area (Å²) >= 11 is 0. The quantitative estimate of drug-likeness (QED) is 0.797. The molecule has 98 valence electrons. The SMILES string of the molecule is CCNCC(C)C(=O)N1CCOC2CCCC21. The van der Waals surface area contributed by atoms with E-state index in [0.717, 1.165) is 32.5 Å². The molecule has 17 heavy (non-hydrogen) atoms. The van der Waals surface area contributed by atoms with Crippen LogP contribution in [0.2, 0.25) is 0 Å². The highest BCUT2D eigenvalue weighted by Crippen LogP contribution is 2.30. The molecule has 1 saturated heterocycles. The lowest BCUT2D eigenvalue weighted by molar-refractivity contribution is -0.147. The molecule has 2 aliphatic rings. The maximum absolute atomic E-state index is 12.4. The van der Waals surface area contributed by atoms with Crippen LogP contribution in [0.25, 0.3) is 0 Å². The molecule has 0 aromatic carbocycles. The fraction of sp³-hybridized carbons (Fsp3) is 0.923. The van der Waals surface area contributed by atoms with Crippen LogP contribution < -0.4 is 5.32 Å². The van der Waals surface area contributed by atoms with Crippen molar-refractivity contribution < 1.29 is 9.53 Å². The molecule has 2 fully saturated rings. The van der Waals surface area contributed by atoms with Crippen LogP contribution in [0.4, 0.5) is 0 Å². The number of hydrogen-bond acceptors (Lipinski definition) is 3. The first-order valence-electron chi connectivity index (χ1n) is 6.86. The van der Waals surface area contributed by atoms with Gasteiger partial charge in [0.05, 0.1) is 18.8 Å². The summed E-state index contributed by atoms with van der Waals surface area (Å²) in [5, 5.41) is 3.25. The number of ether oxygens (including phenoxy) is 1. The van der Waals surface area contributed by atoms with Gasteiger partial charge in [-0.1, -0.05) is 13.8 Å². The second-order valence-electron chi connectivity index (χ2n) is 5.15. The van der Waals surface area contributed by atoms with E-state index in [-0.39, 0.29) is 5.92 Å². The number of nitrogens with one attached hydrogen (secondary N) is 1. The van der Waals surface area contributed by atoms with Gasteiger partial charge in [-0.05, 0) is 25.8 Å². The average molecular weight is 240 g/mol. The first kappa shape index (κ1) is 12.8. The van der Waals surface area contributed by atoms with Gasteiger partial charge in [-0.2, -0.15) is 0 Å². The topological polar surface area (TPSA) is 41.6 Å². The van der Waals surface area contributed by atoms with Crippen LogP contribution in [-0.4, -0.2) is 49.2 Å². The molecular weight excluding hydrogens is 216 g/mol. The maximum atomic E-state index is 12.4. The Bertz CT molecular complexity index is 270. The van der Waals surface area contributed by atoms with Crippen molar-refractivity contribution in [1.29, 1.82) is 0 Å². The summed E-state index contributed by atoms with van der Waals surface area (Å²) in [4.78, 5) is 14.4. The van der Waals surface area contributed by atoms with Crippen molar-refractivity contribution in [3.8, 4) is 0 Å². The number of fused-ring (bicyclic) bond motifs is 1. The molecule has 0 aromatic rings. The zero-order valence-electron chi connectivity index (χ0n) is 10.9. The summed E-state index contributed by atoms with van der Waals surface area (Å²) in [6, 6.07) is 0.348. The molecule has 1 aliphatic heterocycles. The molecule has 1 N–H and O–H groups in total. The largest absolute Gasteiger partial charge is 0.374 e. The summed E-state index contributed by atoms with van der Waals surface area (Å²) in [5.74, 6) is 0.375. The number of carbonyl (C=O) groups excluding carboxylic acids is 1. The molecular formula is C13H24N2O2. The number of amides is 1. The van der Waals surface area contributed by atoms with Crippen molar-refractivity contribution in [3.63, 3.8) is 0 Å². The molecule has 4 heteroatoms. The van der Waals surface area contributed by atoms with Crippen molar-refractivity contribution in [2.24, 2.45) is 5.92 Å². The normalized spacial score (nSPS) is 30.1. The zero-order chi connectivity index (χ0) is 12.3. The lowest BCUT2D eigenvalue weighted by Crippen LogP contribution is -2.53. The molecule has 1 aliphatic carbocycles. The number of carbonyl (C=O) groups is 1. The van der Waals surface area contributed by atoms with Crippen LogP contribution in [-0.2, 0) is 9.53 Å². The summed E-state index contributed by atoms with van der Waals surface area (Å²) < 4.78 is 5.73. The van der Waals surface area contributed by atoms with E-state index in [1.807, 2.05) is 6.92 Å². The smallest absolute Gasteiger partial charge is 0.227 e. The Morgan fingerprint density at radius 2 is 2.35 bits per heavy atom. The Morgan fingerprint density at radius 3 is 3.12 bits per heavy atom. The Balaban J connectivity index is 1.93. The number of rotatable bonds is 4. The highest BCUT2D eigenvalue weighted by atomic mass is 16.5. The maximum Gasteiger partial charge on any atom is 0.227 e. The van der Waals surface area contributed by atoms with Gasteiger partial charge in [0.15, 0.2) is 0 Å². The van der Waals surface area contributed by atoms with E-state index >= 15 is 0 Å². The molecule has 0 radical (unpaired) electrons. The summed E-state index contributed by atoms with van der Waals surface area (Å²) in [7, 11) is 0. The fourth-order valence-electron chi connectivity index (χ4n) is 2.93. The third-order valence-corrected chi connectivity index (χ3v) is 3.89. The second kappa shape index (κ2) is 5.83. The molecule has 1 amide bonds. The summed E-state index contributed by atoms with van der Waals surface area (Å²) in [6.45, 7) is 7.28. The van der Waals surface area contributed by atoms with E-state index < -0.39 is 0 Å². The number of nitrogens with zero attached hydrogens (tertiary/aromatic N) is 1. The Morgan fingerprint density at radius 1 is 1.53 bits per heavy atom. The average Bonchev–Trinajstić information content (AvgIpc) is 2.82. The van der Waals surface area contributed by atoms with E-state index in [0.29, 0.717) is 24.7 Å². The van der Waals surface area contributed by atoms with Gasteiger partial charge in [0.1, 0.15) is 0 Å². The first-order chi connectivity index (χ1) is 8.24. The molecule has 3 unspecified atom stereocenters. The highest BCUT2D eigenvalue weighted by Gasteiger charge is 2.39. The van der Waals surface area contributed by atoms with E-state index in [4.69, 9.17) is 4.74 Å². The van der Waals surface area contributed by atoms with Gasteiger partial charge in [-0.15, -0.1) is 0 Å². The van der Waals surface area contributed by atoms with Crippen LogP contribution in [0, 0.1) is 5.92 Å². The number of morpholine rings is 1. The van der Waals surface area contributed by atoms with E-state index in [1.54, 1.807) is 0 Å². The monoisotopic (exact) mass is 240 g/mol. The van der Waals surface area contributed by atoms with Gasteiger partial charge in [-0.25, -0.2) is 0 Å².